The van der Waals surface area contributed by atoms with E-state index in [0.717, 1.165) is 0 Å². The highest BCUT2D eigenvalue weighted by Crippen LogP contribution is 2.14. The zero-order valence-corrected chi connectivity index (χ0v) is 17.7. The van der Waals surface area contributed by atoms with Gasteiger partial charge < -0.3 is 19.7 Å². The van der Waals surface area contributed by atoms with Gasteiger partial charge in [0, 0.05) is 18.7 Å². The molecule has 158 valence electrons. The van der Waals surface area contributed by atoms with Gasteiger partial charge in [0.15, 0.2) is 5.11 Å². The number of ether oxygens (including phenoxy) is 2. The largest absolute Gasteiger partial charge is 0.494 e. The van der Waals surface area contributed by atoms with Crippen molar-refractivity contribution in [1.29, 1.82) is 0 Å². The first kappa shape index (κ1) is 22.6. The standard InChI is InChI=1S/C20H27N3O5S/c1-4-13(3)28-17(24)12-16-19(26)21-10-11-23(16)20(29)22-18(25)14-6-8-15(9-7-14)27-5-2/h6-9,13,16H,4-5,10-12H2,1-3H3,(H,21,26)(H,22,25,29). The number of nitrogens with one attached hydrogen (secondary N) is 2. The number of esters is 1. The summed E-state index contributed by atoms with van der Waals surface area (Å²) in [6.45, 7) is 6.86. The van der Waals surface area contributed by atoms with E-state index in [1.807, 2.05) is 13.8 Å². The lowest BCUT2D eigenvalue weighted by Crippen LogP contribution is -2.60. The van der Waals surface area contributed by atoms with Gasteiger partial charge in [-0.05, 0) is 56.8 Å². The third-order valence-corrected chi connectivity index (χ3v) is 4.84. The minimum Gasteiger partial charge on any atom is -0.494 e. The summed E-state index contributed by atoms with van der Waals surface area (Å²) in [5.74, 6) is -0.536. The van der Waals surface area contributed by atoms with Crippen LogP contribution in [0, 0.1) is 0 Å². The summed E-state index contributed by atoms with van der Waals surface area (Å²) in [6, 6.07) is 5.83. The maximum Gasteiger partial charge on any atom is 0.308 e. The average molecular weight is 422 g/mol. The quantitative estimate of drug-likeness (QED) is 0.510. The van der Waals surface area contributed by atoms with Crippen LogP contribution in [-0.4, -0.2) is 59.6 Å². The Morgan fingerprint density at radius 2 is 2.00 bits per heavy atom. The predicted molar refractivity (Wildman–Crippen MR) is 112 cm³/mol. The van der Waals surface area contributed by atoms with Crippen LogP contribution in [0.1, 0.15) is 44.0 Å². The Bertz CT molecular complexity index is 753. The molecule has 8 nitrogen and oxygen atoms in total. The molecule has 1 heterocycles. The number of amides is 2. The lowest BCUT2D eigenvalue weighted by Gasteiger charge is -2.36. The van der Waals surface area contributed by atoms with E-state index in [9.17, 15) is 14.4 Å². The summed E-state index contributed by atoms with van der Waals surface area (Å²) in [5.41, 5.74) is 0.407. The Morgan fingerprint density at radius 3 is 2.62 bits per heavy atom. The van der Waals surface area contributed by atoms with E-state index in [2.05, 4.69) is 10.6 Å². The first-order valence-electron chi connectivity index (χ1n) is 9.67. The highest BCUT2D eigenvalue weighted by Gasteiger charge is 2.34. The molecular weight excluding hydrogens is 394 g/mol. The Morgan fingerprint density at radius 1 is 1.31 bits per heavy atom. The summed E-state index contributed by atoms with van der Waals surface area (Å²) in [4.78, 5) is 38.5. The summed E-state index contributed by atoms with van der Waals surface area (Å²) >= 11 is 5.35. The van der Waals surface area contributed by atoms with Gasteiger partial charge in [-0.25, -0.2) is 0 Å². The number of piperazine rings is 1. The smallest absolute Gasteiger partial charge is 0.308 e. The second-order valence-corrected chi connectivity index (χ2v) is 7.02. The molecule has 2 amide bonds. The van der Waals surface area contributed by atoms with Gasteiger partial charge >= 0.3 is 5.97 Å². The predicted octanol–water partition coefficient (Wildman–Crippen LogP) is 1.63. The van der Waals surface area contributed by atoms with Crippen LogP contribution in [-0.2, 0) is 14.3 Å². The van der Waals surface area contributed by atoms with E-state index >= 15 is 0 Å². The van der Waals surface area contributed by atoms with Crippen LogP contribution in [0.15, 0.2) is 24.3 Å². The third kappa shape index (κ3) is 6.42. The molecule has 0 aromatic heterocycles. The van der Waals surface area contributed by atoms with E-state index in [1.54, 1.807) is 36.1 Å². The number of benzene rings is 1. The molecule has 1 saturated heterocycles. The third-order valence-electron chi connectivity index (χ3n) is 4.51. The lowest BCUT2D eigenvalue weighted by molar-refractivity contribution is -0.151. The molecule has 0 spiro atoms. The van der Waals surface area contributed by atoms with E-state index in [0.29, 0.717) is 37.4 Å². The van der Waals surface area contributed by atoms with Crippen molar-refractivity contribution >= 4 is 35.1 Å². The van der Waals surface area contributed by atoms with Crippen molar-refractivity contribution in [2.75, 3.05) is 19.7 Å². The summed E-state index contributed by atoms with van der Waals surface area (Å²) in [5, 5.41) is 5.45. The lowest BCUT2D eigenvalue weighted by atomic mass is 10.1. The van der Waals surface area contributed by atoms with Crippen molar-refractivity contribution in [3.63, 3.8) is 0 Å². The van der Waals surface area contributed by atoms with Crippen molar-refractivity contribution in [1.82, 2.24) is 15.5 Å². The normalized spacial score (nSPS) is 17.1. The minimum absolute atomic E-state index is 0.0973. The SMILES string of the molecule is CCOc1ccc(C(=O)NC(=S)N2CCNC(=O)C2CC(=O)OC(C)CC)cc1. The molecule has 0 aliphatic carbocycles. The fraction of sp³-hybridized carbons (Fsp3) is 0.500. The average Bonchev–Trinajstić information content (AvgIpc) is 2.70. The second-order valence-electron chi connectivity index (χ2n) is 6.63. The number of carbonyl (C=O) groups is 3. The van der Waals surface area contributed by atoms with E-state index < -0.39 is 17.9 Å². The molecule has 29 heavy (non-hydrogen) atoms. The summed E-state index contributed by atoms with van der Waals surface area (Å²) in [6.07, 6.45) is 0.312. The van der Waals surface area contributed by atoms with E-state index in [1.165, 1.54) is 0 Å². The van der Waals surface area contributed by atoms with E-state index in [4.69, 9.17) is 21.7 Å². The molecule has 9 heteroatoms. The molecule has 1 aromatic rings. The molecular formula is C20H27N3O5S. The molecule has 0 radical (unpaired) electrons. The molecule has 1 aliphatic rings. The van der Waals surface area contributed by atoms with Crippen molar-refractivity contribution < 1.29 is 23.9 Å². The van der Waals surface area contributed by atoms with Crippen molar-refractivity contribution in [3.8, 4) is 5.75 Å². The Labute approximate surface area is 175 Å². The van der Waals surface area contributed by atoms with Gasteiger partial charge in [0.05, 0.1) is 19.1 Å². The molecule has 2 atom stereocenters. The van der Waals surface area contributed by atoms with Gasteiger partial charge in [0.2, 0.25) is 5.91 Å². The zero-order chi connectivity index (χ0) is 21.4. The molecule has 2 N–H and O–H groups in total. The highest BCUT2D eigenvalue weighted by molar-refractivity contribution is 7.80. The molecule has 0 saturated carbocycles. The highest BCUT2D eigenvalue weighted by atomic mass is 32.1. The molecule has 1 aliphatic heterocycles. The summed E-state index contributed by atoms with van der Waals surface area (Å²) in [7, 11) is 0. The molecule has 1 aromatic carbocycles. The van der Waals surface area contributed by atoms with Gasteiger partial charge in [0.25, 0.3) is 5.91 Å². The number of thiocarbonyl (C=S) groups is 1. The van der Waals surface area contributed by atoms with Crippen molar-refractivity contribution in [3.05, 3.63) is 29.8 Å². The van der Waals surface area contributed by atoms with Gasteiger partial charge in [0.1, 0.15) is 11.8 Å². The molecule has 2 rings (SSSR count). The van der Waals surface area contributed by atoms with Crippen LogP contribution in [0.25, 0.3) is 0 Å². The fourth-order valence-corrected chi connectivity index (χ4v) is 3.10. The van der Waals surface area contributed by atoms with Gasteiger partial charge in [-0.1, -0.05) is 6.92 Å². The monoisotopic (exact) mass is 421 g/mol. The number of carbonyl (C=O) groups excluding carboxylic acids is 3. The molecule has 2 unspecified atom stereocenters. The van der Waals surface area contributed by atoms with Gasteiger partial charge in [-0.15, -0.1) is 0 Å². The second kappa shape index (κ2) is 10.8. The van der Waals surface area contributed by atoms with Crippen LogP contribution < -0.4 is 15.4 Å². The minimum atomic E-state index is -0.826. The van der Waals surface area contributed by atoms with Crippen LogP contribution in [0.3, 0.4) is 0 Å². The number of hydrogen-bond donors (Lipinski definition) is 2. The maximum absolute atomic E-state index is 12.5. The Hall–Kier alpha value is -2.68. The topological polar surface area (TPSA) is 97.0 Å². The van der Waals surface area contributed by atoms with Gasteiger partial charge in [-0.3, -0.25) is 19.7 Å². The Kier molecular flexibility index (Phi) is 8.38. The summed E-state index contributed by atoms with van der Waals surface area (Å²) < 4.78 is 10.6. The van der Waals surface area contributed by atoms with Crippen LogP contribution in [0.2, 0.25) is 0 Å². The van der Waals surface area contributed by atoms with Crippen LogP contribution in [0.5, 0.6) is 5.75 Å². The fourth-order valence-electron chi connectivity index (χ4n) is 2.78. The number of hydrogen-bond acceptors (Lipinski definition) is 6. The first-order chi connectivity index (χ1) is 13.8. The maximum atomic E-state index is 12.5. The van der Waals surface area contributed by atoms with Gasteiger partial charge in [-0.2, -0.15) is 0 Å². The van der Waals surface area contributed by atoms with E-state index in [-0.39, 0.29) is 23.5 Å². The molecule has 0 bridgehead atoms. The van der Waals surface area contributed by atoms with Crippen molar-refractivity contribution in [2.45, 2.75) is 45.8 Å². The van der Waals surface area contributed by atoms with Crippen LogP contribution >= 0.6 is 12.2 Å². The number of rotatable bonds is 7. The first-order valence-corrected chi connectivity index (χ1v) is 10.1. The van der Waals surface area contributed by atoms with Crippen molar-refractivity contribution in [2.24, 2.45) is 0 Å². The number of nitrogens with zero attached hydrogens (tertiary/aromatic N) is 1. The molecule has 1 fully saturated rings. The zero-order valence-electron chi connectivity index (χ0n) is 16.9. The Balaban J connectivity index is 2.02. The van der Waals surface area contributed by atoms with Crippen LogP contribution in [0.4, 0.5) is 0 Å².